The lowest BCUT2D eigenvalue weighted by Crippen LogP contribution is -2.40. The fourth-order valence-electron chi connectivity index (χ4n) is 5.74. The Morgan fingerprint density at radius 2 is 1.79 bits per heavy atom. The number of pyridine rings is 2. The topological polar surface area (TPSA) is 118 Å². The smallest absolute Gasteiger partial charge is 0.253 e. The van der Waals surface area contributed by atoms with E-state index in [1.165, 1.54) is 18.3 Å². The second-order valence-electron chi connectivity index (χ2n) is 10.9. The number of sulfone groups is 1. The van der Waals surface area contributed by atoms with Crippen molar-refractivity contribution in [1.82, 2.24) is 9.97 Å². The number of carbonyl (C=O) groups is 1. The monoisotopic (exact) mass is 543 g/mol. The van der Waals surface area contributed by atoms with E-state index in [9.17, 15) is 13.2 Å². The van der Waals surface area contributed by atoms with Crippen molar-refractivity contribution in [2.24, 2.45) is 11.7 Å². The van der Waals surface area contributed by atoms with Gasteiger partial charge in [-0.2, -0.15) is 0 Å². The minimum atomic E-state index is -4.19. The van der Waals surface area contributed by atoms with Gasteiger partial charge in [-0.3, -0.25) is 4.79 Å². The number of nitrogens with two attached hydrogens (primary N) is 1. The largest absolute Gasteiger partial charge is 0.365 e. The summed E-state index contributed by atoms with van der Waals surface area (Å²) in [7, 11) is -4.19. The van der Waals surface area contributed by atoms with Crippen LogP contribution in [0.2, 0.25) is 0 Å². The molecule has 202 valence electrons. The van der Waals surface area contributed by atoms with Crippen LogP contribution in [0.1, 0.15) is 56.1 Å². The molecule has 0 radical (unpaired) electrons. The van der Waals surface area contributed by atoms with E-state index in [2.05, 4.69) is 54.3 Å². The highest BCUT2D eigenvalue weighted by Gasteiger charge is 2.40. The maximum absolute atomic E-state index is 13.9. The molecule has 3 N–H and O–H groups in total. The zero-order valence-corrected chi connectivity index (χ0v) is 23.4. The van der Waals surface area contributed by atoms with E-state index in [0.29, 0.717) is 18.3 Å². The summed E-state index contributed by atoms with van der Waals surface area (Å²) in [4.78, 5) is 23.4. The van der Waals surface area contributed by atoms with Gasteiger partial charge in [-0.05, 0) is 67.6 Å². The van der Waals surface area contributed by atoms with E-state index in [4.69, 9.17) is 5.73 Å². The predicted octanol–water partition coefficient (Wildman–Crippen LogP) is 5.36. The zero-order chi connectivity index (χ0) is 27.9. The number of nitrogens with zero attached hydrogens (tertiary/aromatic N) is 3. The van der Waals surface area contributed by atoms with Gasteiger partial charge in [0.05, 0.1) is 10.9 Å². The summed E-state index contributed by atoms with van der Waals surface area (Å²) >= 11 is 0. The van der Waals surface area contributed by atoms with Crippen LogP contribution in [0.25, 0.3) is 10.8 Å². The standard InChI is InChI=1S/C30H33N5O3S/c1-19-17-30(3,4)35(18-19)29-27(28(31)36)24(15-16-32-29)39(37,38)26-14-8-13-25(34-26)33-20(2)22-12-7-10-21-9-5-6-11-23(21)22/h5-16,19-20H,17-18H2,1-4H3,(H2,31,36)(H,33,34). The molecule has 1 aliphatic rings. The van der Waals surface area contributed by atoms with Crippen LogP contribution in [0.4, 0.5) is 11.6 Å². The highest BCUT2D eigenvalue weighted by Crippen LogP contribution is 2.39. The molecule has 4 aromatic rings. The van der Waals surface area contributed by atoms with Crippen molar-refractivity contribution in [2.45, 2.75) is 55.6 Å². The molecule has 1 amide bonds. The Morgan fingerprint density at radius 1 is 1.08 bits per heavy atom. The number of primary amides is 1. The van der Waals surface area contributed by atoms with Gasteiger partial charge in [-0.25, -0.2) is 18.4 Å². The van der Waals surface area contributed by atoms with Crippen LogP contribution in [-0.4, -0.2) is 36.4 Å². The van der Waals surface area contributed by atoms with Crippen LogP contribution in [0.5, 0.6) is 0 Å². The van der Waals surface area contributed by atoms with Crippen molar-refractivity contribution in [3.8, 4) is 0 Å². The number of hydrogen-bond donors (Lipinski definition) is 2. The Labute approximate surface area is 229 Å². The van der Waals surface area contributed by atoms with Gasteiger partial charge < -0.3 is 16.0 Å². The molecule has 2 atom stereocenters. The normalized spacial score (nSPS) is 17.7. The first-order valence-electron chi connectivity index (χ1n) is 13.0. The first-order chi connectivity index (χ1) is 18.5. The zero-order valence-electron chi connectivity index (χ0n) is 22.5. The molecule has 1 aliphatic heterocycles. The molecule has 1 fully saturated rings. The van der Waals surface area contributed by atoms with E-state index >= 15 is 0 Å². The fraction of sp³-hybridized carbons (Fsp3) is 0.300. The van der Waals surface area contributed by atoms with Gasteiger partial charge in [0.1, 0.15) is 17.2 Å². The highest BCUT2D eigenvalue weighted by atomic mass is 32.2. The Kier molecular flexibility index (Phi) is 6.80. The Hall–Kier alpha value is -3.98. The number of aromatic nitrogens is 2. The number of hydrogen-bond acceptors (Lipinski definition) is 7. The molecule has 39 heavy (non-hydrogen) atoms. The van der Waals surface area contributed by atoms with E-state index in [1.807, 2.05) is 36.1 Å². The van der Waals surface area contributed by atoms with E-state index in [1.54, 1.807) is 12.1 Å². The van der Waals surface area contributed by atoms with E-state index in [-0.39, 0.29) is 32.9 Å². The van der Waals surface area contributed by atoms with Crippen LogP contribution in [-0.2, 0) is 9.84 Å². The minimum Gasteiger partial charge on any atom is -0.365 e. The third-order valence-corrected chi connectivity index (χ3v) is 9.11. The second-order valence-corrected chi connectivity index (χ2v) is 12.8. The van der Waals surface area contributed by atoms with Crippen molar-refractivity contribution < 1.29 is 13.2 Å². The van der Waals surface area contributed by atoms with Crippen molar-refractivity contribution in [2.75, 3.05) is 16.8 Å². The Morgan fingerprint density at radius 3 is 2.51 bits per heavy atom. The van der Waals surface area contributed by atoms with Gasteiger partial charge >= 0.3 is 0 Å². The first-order valence-corrected chi connectivity index (χ1v) is 14.5. The molecule has 1 saturated heterocycles. The average Bonchev–Trinajstić information content (AvgIpc) is 3.19. The van der Waals surface area contributed by atoms with Crippen molar-refractivity contribution in [1.29, 1.82) is 0 Å². The summed E-state index contributed by atoms with van der Waals surface area (Å²) in [6, 6.07) is 20.2. The Balaban J connectivity index is 1.52. The molecule has 2 aromatic carbocycles. The van der Waals surface area contributed by atoms with E-state index < -0.39 is 15.7 Å². The van der Waals surface area contributed by atoms with Gasteiger partial charge in [-0.1, -0.05) is 55.5 Å². The summed E-state index contributed by atoms with van der Waals surface area (Å²) < 4.78 is 27.8. The number of carbonyl (C=O) groups excluding carboxylic acids is 1. The van der Waals surface area contributed by atoms with Crippen molar-refractivity contribution >= 4 is 38.2 Å². The summed E-state index contributed by atoms with van der Waals surface area (Å²) in [6.07, 6.45) is 2.30. The molecule has 2 unspecified atom stereocenters. The third kappa shape index (κ3) is 4.94. The molecule has 2 aromatic heterocycles. The second kappa shape index (κ2) is 9.96. The number of nitrogens with one attached hydrogen (secondary N) is 1. The molecular formula is C30H33N5O3S. The summed E-state index contributed by atoms with van der Waals surface area (Å²) in [6.45, 7) is 8.88. The summed E-state index contributed by atoms with van der Waals surface area (Å²) in [5.74, 6) is 0.208. The summed E-state index contributed by atoms with van der Waals surface area (Å²) in [5.41, 5.74) is 6.44. The van der Waals surface area contributed by atoms with Crippen LogP contribution < -0.4 is 16.0 Å². The molecule has 9 heteroatoms. The third-order valence-electron chi connectivity index (χ3n) is 7.41. The molecule has 8 nitrogen and oxygen atoms in total. The predicted molar refractivity (Wildman–Crippen MR) is 154 cm³/mol. The van der Waals surface area contributed by atoms with Gasteiger partial charge in [-0.15, -0.1) is 0 Å². The molecule has 5 rings (SSSR count). The number of amides is 1. The minimum absolute atomic E-state index is 0.107. The molecule has 0 aliphatic carbocycles. The fourth-order valence-corrected chi connectivity index (χ4v) is 7.14. The lowest BCUT2D eigenvalue weighted by Gasteiger charge is -2.33. The Bertz CT molecular complexity index is 1660. The van der Waals surface area contributed by atoms with Crippen LogP contribution in [0, 0.1) is 5.92 Å². The van der Waals surface area contributed by atoms with Crippen LogP contribution in [0.3, 0.4) is 0 Å². The molecule has 0 saturated carbocycles. The maximum Gasteiger partial charge on any atom is 0.253 e. The molecule has 3 heterocycles. The SMILES string of the molecule is CC1CN(c2nccc(S(=O)(=O)c3cccc(NC(C)c4cccc5ccccc45)n3)c2C(N)=O)C(C)(C)C1. The lowest BCUT2D eigenvalue weighted by molar-refractivity contribution is 0.0997. The molecule has 0 spiro atoms. The molecule has 0 bridgehead atoms. The van der Waals surface area contributed by atoms with Gasteiger partial charge in [0.25, 0.3) is 5.91 Å². The van der Waals surface area contributed by atoms with Gasteiger partial charge in [0.15, 0.2) is 5.03 Å². The first kappa shape index (κ1) is 26.6. The number of fused-ring (bicyclic) bond motifs is 1. The summed E-state index contributed by atoms with van der Waals surface area (Å²) in [5, 5.41) is 5.39. The maximum atomic E-state index is 13.9. The van der Waals surface area contributed by atoms with Crippen LogP contribution in [0.15, 0.2) is 82.8 Å². The lowest BCUT2D eigenvalue weighted by atomic mass is 9.97. The quantitative estimate of drug-likeness (QED) is 0.322. The molecular weight excluding hydrogens is 510 g/mol. The number of anilines is 2. The highest BCUT2D eigenvalue weighted by molar-refractivity contribution is 7.91. The van der Waals surface area contributed by atoms with Crippen molar-refractivity contribution in [3.63, 3.8) is 0 Å². The van der Waals surface area contributed by atoms with E-state index in [0.717, 1.165) is 22.8 Å². The number of benzene rings is 2. The van der Waals surface area contributed by atoms with Gasteiger partial charge in [0, 0.05) is 18.3 Å². The average molecular weight is 544 g/mol. The van der Waals surface area contributed by atoms with Crippen LogP contribution >= 0.6 is 0 Å². The number of rotatable bonds is 7. The van der Waals surface area contributed by atoms with Crippen molar-refractivity contribution in [3.05, 3.63) is 84.1 Å². The van der Waals surface area contributed by atoms with Gasteiger partial charge in [0.2, 0.25) is 9.84 Å².